The molecule has 0 radical (unpaired) electrons. The number of anilines is 1. The summed E-state index contributed by atoms with van der Waals surface area (Å²) in [5.74, 6) is 0.110. The first-order valence-electron chi connectivity index (χ1n) is 7.22. The molecule has 1 atom stereocenters. The number of morpholine rings is 1. The molecule has 1 N–H and O–H groups in total. The van der Waals surface area contributed by atoms with Crippen LogP contribution in [0.25, 0.3) is 10.9 Å². The third-order valence-corrected chi connectivity index (χ3v) is 3.71. The number of rotatable bonds is 3. The number of carbonyl (C=O) groups excluding carboxylic acids is 1. The van der Waals surface area contributed by atoms with Gasteiger partial charge in [0, 0.05) is 30.4 Å². The molecule has 110 valence electrons. The molecule has 1 unspecified atom stereocenters. The summed E-state index contributed by atoms with van der Waals surface area (Å²) in [5.41, 5.74) is 1.86. The number of ether oxygens (including phenoxy) is 1. The topological polar surface area (TPSA) is 54.5 Å². The average molecular weight is 285 g/mol. The summed E-state index contributed by atoms with van der Waals surface area (Å²) in [4.78, 5) is 18.6. The van der Waals surface area contributed by atoms with Gasteiger partial charge in [0.25, 0.3) is 0 Å². The second-order valence-corrected chi connectivity index (χ2v) is 5.18. The second-order valence-electron chi connectivity index (χ2n) is 5.18. The highest BCUT2D eigenvalue weighted by molar-refractivity contribution is 5.93. The van der Waals surface area contributed by atoms with Gasteiger partial charge >= 0.3 is 0 Å². The van der Waals surface area contributed by atoms with Crippen LogP contribution >= 0.6 is 0 Å². The first kappa shape index (κ1) is 13.8. The smallest absolute Gasteiger partial charge is 0.244 e. The van der Waals surface area contributed by atoms with Gasteiger partial charge in [-0.1, -0.05) is 18.2 Å². The largest absolute Gasteiger partial charge is 0.378 e. The Morgan fingerprint density at radius 3 is 2.86 bits per heavy atom. The molecule has 1 saturated heterocycles. The van der Waals surface area contributed by atoms with Crippen LogP contribution in [0.5, 0.6) is 0 Å². The second kappa shape index (κ2) is 6.10. The lowest BCUT2D eigenvalue weighted by atomic mass is 10.1. The molecule has 5 nitrogen and oxygen atoms in total. The van der Waals surface area contributed by atoms with E-state index in [4.69, 9.17) is 4.74 Å². The number of aromatic nitrogens is 1. The number of amides is 1. The molecule has 0 spiro atoms. The maximum atomic E-state index is 12.4. The minimum atomic E-state index is -0.270. The Balaban J connectivity index is 1.76. The number of carbonyl (C=O) groups is 1. The fourth-order valence-corrected chi connectivity index (χ4v) is 2.57. The van der Waals surface area contributed by atoms with Crippen molar-refractivity contribution in [2.45, 2.75) is 13.0 Å². The number of para-hydroxylation sites is 1. The number of pyridine rings is 1. The van der Waals surface area contributed by atoms with Crippen molar-refractivity contribution >= 4 is 22.5 Å². The minimum Gasteiger partial charge on any atom is -0.378 e. The summed E-state index contributed by atoms with van der Waals surface area (Å²) in [7, 11) is 0. The first-order chi connectivity index (χ1) is 10.3. The Morgan fingerprint density at radius 1 is 1.29 bits per heavy atom. The zero-order chi connectivity index (χ0) is 14.7. The fraction of sp³-hybridized carbons (Fsp3) is 0.375. The summed E-state index contributed by atoms with van der Waals surface area (Å²) in [6.45, 7) is 4.48. The van der Waals surface area contributed by atoms with Crippen LogP contribution < -0.4 is 5.32 Å². The maximum Gasteiger partial charge on any atom is 0.244 e. The molecule has 3 rings (SSSR count). The molecule has 21 heavy (non-hydrogen) atoms. The maximum absolute atomic E-state index is 12.4. The van der Waals surface area contributed by atoms with E-state index < -0.39 is 0 Å². The van der Waals surface area contributed by atoms with Gasteiger partial charge in [0.05, 0.1) is 18.7 Å². The zero-order valence-electron chi connectivity index (χ0n) is 12.1. The van der Waals surface area contributed by atoms with Crippen LogP contribution in [-0.4, -0.2) is 48.1 Å². The van der Waals surface area contributed by atoms with Crippen molar-refractivity contribution in [2.75, 3.05) is 31.6 Å². The number of benzene rings is 1. The molecule has 0 aliphatic carbocycles. The predicted molar refractivity (Wildman–Crippen MR) is 82.2 cm³/mol. The van der Waals surface area contributed by atoms with E-state index >= 15 is 0 Å². The van der Waals surface area contributed by atoms with E-state index in [0.717, 1.165) is 16.6 Å². The van der Waals surface area contributed by atoms with E-state index in [0.29, 0.717) is 26.3 Å². The van der Waals surface area contributed by atoms with Crippen molar-refractivity contribution in [3.8, 4) is 0 Å². The number of nitrogens with zero attached hydrogens (tertiary/aromatic N) is 2. The van der Waals surface area contributed by atoms with E-state index in [-0.39, 0.29) is 11.9 Å². The van der Waals surface area contributed by atoms with Crippen LogP contribution in [0.4, 0.5) is 5.69 Å². The quantitative estimate of drug-likeness (QED) is 0.935. The molecule has 1 aliphatic heterocycles. The van der Waals surface area contributed by atoms with E-state index in [9.17, 15) is 4.79 Å². The molecule has 2 aromatic rings. The summed E-state index contributed by atoms with van der Waals surface area (Å²) in [6, 6.07) is 9.55. The Kier molecular flexibility index (Phi) is 4.01. The van der Waals surface area contributed by atoms with Crippen molar-refractivity contribution in [3.63, 3.8) is 0 Å². The Hall–Kier alpha value is -2.14. The van der Waals surface area contributed by atoms with Crippen LogP contribution in [0.3, 0.4) is 0 Å². The number of hydrogen-bond donors (Lipinski definition) is 1. The molecule has 0 bridgehead atoms. The third-order valence-electron chi connectivity index (χ3n) is 3.71. The molecule has 1 fully saturated rings. The van der Waals surface area contributed by atoms with Crippen molar-refractivity contribution < 1.29 is 9.53 Å². The van der Waals surface area contributed by atoms with Crippen molar-refractivity contribution in [2.24, 2.45) is 0 Å². The summed E-state index contributed by atoms with van der Waals surface area (Å²) < 4.78 is 5.28. The predicted octanol–water partition coefficient (Wildman–Crippen LogP) is 1.89. The van der Waals surface area contributed by atoms with Gasteiger partial charge in [0.1, 0.15) is 6.04 Å². The van der Waals surface area contributed by atoms with E-state index in [1.165, 1.54) is 0 Å². The van der Waals surface area contributed by atoms with Crippen molar-refractivity contribution in [1.82, 2.24) is 9.88 Å². The van der Waals surface area contributed by atoms with Gasteiger partial charge in [0.2, 0.25) is 5.91 Å². The Bertz CT molecular complexity index is 633. The molecule has 0 saturated carbocycles. The highest BCUT2D eigenvalue weighted by Crippen LogP contribution is 2.22. The van der Waals surface area contributed by atoms with Crippen LogP contribution in [0.2, 0.25) is 0 Å². The molecule has 2 heterocycles. The normalized spacial score (nSPS) is 16.7. The van der Waals surface area contributed by atoms with Gasteiger partial charge in [-0.2, -0.15) is 0 Å². The molecular weight excluding hydrogens is 266 g/mol. The third kappa shape index (κ3) is 2.97. The lowest BCUT2D eigenvalue weighted by Crippen LogP contribution is -2.47. The van der Waals surface area contributed by atoms with Gasteiger partial charge in [-0.05, 0) is 19.1 Å². The van der Waals surface area contributed by atoms with Gasteiger partial charge in [-0.25, -0.2) is 0 Å². The summed E-state index contributed by atoms with van der Waals surface area (Å²) >= 11 is 0. The van der Waals surface area contributed by atoms with Gasteiger partial charge < -0.3 is 15.0 Å². The summed E-state index contributed by atoms with van der Waals surface area (Å²) in [6.07, 6.45) is 1.76. The number of nitrogens with one attached hydrogen (secondary N) is 1. The van der Waals surface area contributed by atoms with Crippen molar-refractivity contribution in [1.29, 1.82) is 0 Å². The molecular formula is C16H19N3O2. The van der Waals surface area contributed by atoms with Gasteiger partial charge in [-0.15, -0.1) is 0 Å². The summed E-state index contributed by atoms with van der Waals surface area (Å²) in [5, 5.41) is 4.34. The number of fused-ring (bicyclic) bond motifs is 1. The Labute approximate surface area is 123 Å². The van der Waals surface area contributed by atoms with Gasteiger partial charge in [0.15, 0.2) is 0 Å². The Morgan fingerprint density at radius 2 is 2.05 bits per heavy atom. The van der Waals surface area contributed by atoms with Crippen LogP contribution in [0, 0.1) is 0 Å². The molecule has 5 heteroatoms. The molecule has 1 aliphatic rings. The lowest BCUT2D eigenvalue weighted by Gasteiger charge is -2.29. The van der Waals surface area contributed by atoms with E-state index in [2.05, 4.69) is 10.3 Å². The zero-order valence-corrected chi connectivity index (χ0v) is 12.1. The number of hydrogen-bond acceptors (Lipinski definition) is 4. The molecule has 1 aromatic carbocycles. The SMILES string of the molecule is CC(Nc1ccnc2ccccc12)C(=O)N1CCOCC1. The highest BCUT2D eigenvalue weighted by atomic mass is 16.5. The van der Waals surface area contributed by atoms with E-state index in [1.54, 1.807) is 6.20 Å². The first-order valence-corrected chi connectivity index (χ1v) is 7.22. The van der Waals surface area contributed by atoms with Crippen LogP contribution in [-0.2, 0) is 9.53 Å². The lowest BCUT2D eigenvalue weighted by molar-refractivity contribution is -0.135. The van der Waals surface area contributed by atoms with Crippen LogP contribution in [0.15, 0.2) is 36.5 Å². The van der Waals surface area contributed by atoms with E-state index in [1.807, 2.05) is 42.2 Å². The van der Waals surface area contributed by atoms with Gasteiger partial charge in [-0.3, -0.25) is 9.78 Å². The minimum absolute atomic E-state index is 0.110. The van der Waals surface area contributed by atoms with Crippen molar-refractivity contribution in [3.05, 3.63) is 36.5 Å². The fourth-order valence-electron chi connectivity index (χ4n) is 2.57. The average Bonchev–Trinajstić information content (AvgIpc) is 2.55. The molecule has 1 amide bonds. The van der Waals surface area contributed by atoms with Crippen LogP contribution in [0.1, 0.15) is 6.92 Å². The highest BCUT2D eigenvalue weighted by Gasteiger charge is 2.22. The monoisotopic (exact) mass is 285 g/mol. The standard InChI is InChI=1S/C16H19N3O2/c1-12(16(20)19-8-10-21-11-9-19)18-15-6-7-17-14-5-3-2-4-13(14)15/h2-7,12H,8-11H2,1H3,(H,17,18). The molecule has 1 aromatic heterocycles.